The zero-order valence-electron chi connectivity index (χ0n) is 21.0. The van der Waals surface area contributed by atoms with Gasteiger partial charge >= 0.3 is 12.1 Å². The number of nitrogens with one attached hydrogen (secondary N) is 1. The van der Waals surface area contributed by atoms with Crippen LogP contribution in [0.2, 0.25) is 0 Å². The third-order valence-corrected chi connectivity index (χ3v) is 6.14. The first kappa shape index (κ1) is 28.0. The fourth-order valence-electron chi connectivity index (χ4n) is 3.45. The number of methoxy groups -OCH3 is 1. The molecule has 0 saturated heterocycles. The number of halogens is 3. The number of rotatable bonds is 5. The number of anilines is 1. The SMILES string of the molecule is COc1ccc2c(c1)nc(C(F)(F)F)n2-c1cnc(NC(=O)c2cccnc2C)cn1.Cc1nnsc1C(=O)O. The number of hydrogen-bond acceptors (Lipinski definition) is 10. The van der Waals surface area contributed by atoms with Crippen LogP contribution in [0.15, 0.2) is 48.9 Å². The molecule has 0 aliphatic carbocycles. The molecule has 0 bridgehead atoms. The van der Waals surface area contributed by atoms with Crippen LogP contribution in [0, 0.1) is 13.8 Å². The minimum atomic E-state index is -4.72. The summed E-state index contributed by atoms with van der Waals surface area (Å²) in [5, 5.41) is 14.5. The molecule has 5 rings (SSSR count). The smallest absolute Gasteiger partial charge is 0.450 e. The summed E-state index contributed by atoms with van der Waals surface area (Å²) < 4.78 is 50.2. The largest absolute Gasteiger partial charge is 0.497 e. The molecule has 0 aliphatic rings. The number of carbonyl (C=O) groups excluding carboxylic acids is 1. The van der Waals surface area contributed by atoms with E-state index in [-0.39, 0.29) is 27.5 Å². The van der Waals surface area contributed by atoms with Crippen molar-refractivity contribution in [1.29, 1.82) is 0 Å². The molecule has 12 nitrogen and oxygen atoms in total. The van der Waals surface area contributed by atoms with Gasteiger partial charge in [0.05, 0.1) is 41.8 Å². The lowest BCUT2D eigenvalue weighted by Gasteiger charge is -2.11. The van der Waals surface area contributed by atoms with Gasteiger partial charge in [0.2, 0.25) is 5.82 Å². The maximum Gasteiger partial charge on any atom is 0.450 e. The lowest BCUT2D eigenvalue weighted by atomic mass is 10.2. The normalized spacial score (nSPS) is 11.1. The van der Waals surface area contributed by atoms with Crippen molar-refractivity contribution >= 4 is 40.3 Å². The second kappa shape index (κ2) is 11.4. The number of ether oxygens (including phenoxy) is 1. The molecular weight excluding hydrogens is 553 g/mol. The van der Waals surface area contributed by atoms with Crippen LogP contribution in [0.5, 0.6) is 5.75 Å². The van der Waals surface area contributed by atoms with E-state index < -0.39 is 23.9 Å². The highest BCUT2D eigenvalue weighted by Gasteiger charge is 2.38. The van der Waals surface area contributed by atoms with Crippen LogP contribution in [0.1, 0.15) is 37.2 Å². The van der Waals surface area contributed by atoms with Crippen molar-refractivity contribution < 1.29 is 32.6 Å². The molecule has 1 aromatic carbocycles. The third kappa shape index (κ3) is 6.01. The van der Waals surface area contributed by atoms with Gasteiger partial charge in [0.1, 0.15) is 5.75 Å². The van der Waals surface area contributed by atoms with Crippen molar-refractivity contribution in [3.8, 4) is 11.6 Å². The van der Waals surface area contributed by atoms with Crippen LogP contribution in [-0.4, -0.2) is 58.2 Å². The lowest BCUT2D eigenvalue weighted by molar-refractivity contribution is -0.145. The van der Waals surface area contributed by atoms with Crippen LogP contribution in [-0.2, 0) is 6.18 Å². The van der Waals surface area contributed by atoms with Gasteiger partial charge in [0, 0.05) is 18.0 Å². The molecule has 0 atom stereocenters. The second-order valence-electron chi connectivity index (χ2n) is 7.97. The quantitative estimate of drug-likeness (QED) is 0.310. The van der Waals surface area contributed by atoms with Crippen molar-refractivity contribution in [3.05, 3.63) is 76.6 Å². The minimum Gasteiger partial charge on any atom is -0.497 e. The summed E-state index contributed by atoms with van der Waals surface area (Å²) >= 11 is 0.897. The fourth-order valence-corrected chi connectivity index (χ4v) is 3.94. The Kier molecular flexibility index (Phi) is 7.99. The molecule has 0 fully saturated rings. The van der Waals surface area contributed by atoms with Crippen LogP contribution in [0.3, 0.4) is 0 Å². The Labute approximate surface area is 227 Å². The van der Waals surface area contributed by atoms with Gasteiger partial charge in [-0.2, -0.15) is 13.2 Å². The topological polar surface area (TPSA) is 158 Å². The van der Waals surface area contributed by atoms with E-state index in [4.69, 9.17) is 9.84 Å². The number of fused-ring (bicyclic) bond motifs is 1. The first-order valence-electron chi connectivity index (χ1n) is 11.2. The second-order valence-corrected chi connectivity index (χ2v) is 8.72. The Bertz CT molecular complexity index is 1690. The summed E-state index contributed by atoms with van der Waals surface area (Å²) in [5.74, 6) is -2.20. The molecule has 1 amide bonds. The maximum absolute atomic E-state index is 13.6. The van der Waals surface area contributed by atoms with Crippen LogP contribution >= 0.6 is 11.5 Å². The van der Waals surface area contributed by atoms with E-state index in [9.17, 15) is 22.8 Å². The molecule has 0 spiro atoms. The number of aromatic carboxylic acids is 1. The highest BCUT2D eigenvalue weighted by atomic mass is 32.1. The highest BCUT2D eigenvalue weighted by molar-refractivity contribution is 7.07. The number of benzene rings is 1. The van der Waals surface area contributed by atoms with Gasteiger partial charge < -0.3 is 15.2 Å². The van der Waals surface area contributed by atoms with Crippen molar-refractivity contribution in [3.63, 3.8) is 0 Å². The van der Waals surface area contributed by atoms with Gasteiger partial charge in [-0.3, -0.25) is 14.3 Å². The van der Waals surface area contributed by atoms with E-state index in [1.165, 1.54) is 31.5 Å². The Balaban J connectivity index is 0.000000350. The van der Waals surface area contributed by atoms with Gasteiger partial charge in [0.25, 0.3) is 5.91 Å². The van der Waals surface area contributed by atoms with Gasteiger partial charge in [-0.05, 0) is 49.6 Å². The summed E-state index contributed by atoms with van der Waals surface area (Å²) in [6, 6.07) is 7.60. The molecule has 0 radical (unpaired) electrons. The van der Waals surface area contributed by atoms with Crippen molar-refractivity contribution in [2.75, 3.05) is 12.4 Å². The molecule has 0 unspecified atom stereocenters. The molecule has 16 heteroatoms. The fraction of sp³-hybridized carbons (Fsp3) is 0.167. The summed E-state index contributed by atoms with van der Waals surface area (Å²) in [7, 11) is 1.41. The van der Waals surface area contributed by atoms with E-state index in [0.717, 1.165) is 22.3 Å². The molecule has 4 aromatic heterocycles. The standard InChI is InChI=1S/C20H15F3N6O2.C4H4N2O2S/c1-11-13(4-3-7-24-11)18(30)28-16-9-26-17(10-25-16)29-15-6-5-12(31-2)8-14(15)27-19(29)20(21,22)23;1-2-3(4(7)8)9-6-5-2/h3-10H,1-2H3,(H,25,28,30);1H3,(H,7,8). The molecule has 5 aromatic rings. The van der Waals surface area contributed by atoms with Crippen LogP contribution < -0.4 is 10.1 Å². The Hall–Kier alpha value is -4.99. The number of hydrogen-bond donors (Lipinski definition) is 2. The van der Waals surface area contributed by atoms with E-state index >= 15 is 0 Å². The molecule has 2 N–H and O–H groups in total. The lowest BCUT2D eigenvalue weighted by Crippen LogP contribution is -2.17. The molecule has 0 aliphatic heterocycles. The number of carbonyl (C=O) groups is 2. The number of amides is 1. The van der Waals surface area contributed by atoms with E-state index in [1.807, 2.05) is 0 Å². The number of alkyl halides is 3. The van der Waals surface area contributed by atoms with E-state index in [0.29, 0.717) is 22.7 Å². The van der Waals surface area contributed by atoms with E-state index in [1.54, 1.807) is 32.2 Å². The van der Waals surface area contributed by atoms with Gasteiger partial charge in [-0.1, -0.05) is 4.49 Å². The summed E-state index contributed by atoms with van der Waals surface area (Å²) in [6.07, 6.45) is -0.858. The average Bonchev–Trinajstić information content (AvgIpc) is 3.53. The summed E-state index contributed by atoms with van der Waals surface area (Å²) in [4.78, 5) is 38.6. The molecule has 40 heavy (non-hydrogen) atoms. The number of carboxylic acids is 1. The number of nitrogens with zero attached hydrogens (tertiary/aromatic N) is 7. The van der Waals surface area contributed by atoms with E-state index in [2.05, 4.69) is 34.8 Å². The number of carboxylic acid groups (broad SMARTS) is 1. The van der Waals surface area contributed by atoms with Crippen LogP contribution in [0.4, 0.5) is 19.0 Å². The van der Waals surface area contributed by atoms with Gasteiger partial charge in [-0.15, -0.1) is 5.10 Å². The zero-order chi connectivity index (χ0) is 29.0. The Morgan fingerprint density at radius 2 is 1.85 bits per heavy atom. The van der Waals surface area contributed by atoms with Crippen LogP contribution in [0.25, 0.3) is 16.9 Å². The summed E-state index contributed by atoms with van der Waals surface area (Å²) in [5.41, 5.74) is 1.64. The molecule has 0 saturated carbocycles. The predicted octanol–water partition coefficient (Wildman–Crippen LogP) is 4.34. The maximum atomic E-state index is 13.6. The third-order valence-electron chi connectivity index (χ3n) is 5.32. The minimum absolute atomic E-state index is 0.0802. The number of pyridine rings is 1. The molecule has 206 valence electrons. The predicted molar refractivity (Wildman–Crippen MR) is 137 cm³/mol. The number of aryl methyl sites for hydroxylation is 2. The number of imidazole rings is 1. The zero-order valence-corrected chi connectivity index (χ0v) is 21.8. The van der Waals surface area contributed by atoms with Crippen molar-refractivity contribution in [1.82, 2.24) is 34.1 Å². The van der Waals surface area contributed by atoms with Crippen molar-refractivity contribution in [2.24, 2.45) is 0 Å². The monoisotopic (exact) mass is 572 g/mol. The molecule has 4 heterocycles. The first-order chi connectivity index (χ1) is 19.0. The highest BCUT2D eigenvalue weighted by Crippen LogP contribution is 2.34. The number of aromatic nitrogens is 7. The van der Waals surface area contributed by atoms with Crippen molar-refractivity contribution in [2.45, 2.75) is 20.0 Å². The van der Waals surface area contributed by atoms with Gasteiger partial charge in [-0.25, -0.2) is 19.7 Å². The van der Waals surface area contributed by atoms with Gasteiger partial charge in [0.15, 0.2) is 16.5 Å². The average molecular weight is 573 g/mol. The first-order valence-corrected chi connectivity index (χ1v) is 12.0. The summed E-state index contributed by atoms with van der Waals surface area (Å²) in [6.45, 7) is 3.30. The Morgan fingerprint density at radius 3 is 2.40 bits per heavy atom. The Morgan fingerprint density at radius 1 is 1.07 bits per heavy atom. The molecular formula is C24H19F3N8O4S.